The van der Waals surface area contributed by atoms with E-state index >= 15 is 0 Å². The highest BCUT2D eigenvalue weighted by atomic mass is 16.5. The molecule has 0 amide bonds. The summed E-state index contributed by atoms with van der Waals surface area (Å²) in [6.07, 6.45) is 1.72. The summed E-state index contributed by atoms with van der Waals surface area (Å²) in [4.78, 5) is 3.90. The Labute approximate surface area is 71.9 Å². The van der Waals surface area contributed by atoms with Crippen LogP contribution in [0, 0.1) is 0 Å². The highest BCUT2D eigenvalue weighted by molar-refractivity contribution is 5.84. The number of nitrogen functional groups attached to an aromatic ring is 1. The third kappa shape index (κ3) is 1.75. The number of hydrogen-bond acceptors (Lipinski definition) is 3. The number of aliphatic imine (C=N–C) groups is 1. The lowest BCUT2D eigenvalue weighted by Crippen LogP contribution is -1.93. The molecule has 12 heavy (non-hydrogen) atoms. The Kier molecular flexibility index (Phi) is 2.69. The van der Waals surface area contributed by atoms with Crippen LogP contribution in [0.15, 0.2) is 23.2 Å². The normalized spacial score (nSPS) is 10.5. The number of ether oxygens (including phenoxy) is 1. The summed E-state index contributed by atoms with van der Waals surface area (Å²) >= 11 is 0. The maximum atomic E-state index is 5.60. The van der Waals surface area contributed by atoms with Crippen molar-refractivity contribution < 1.29 is 4.74 Å². The molecule has 0 radical (unpaired) electrons. The van der Waals surface area contributed by atoms with Gasteiger partial charge in [0.15, 0.2) is 0 Å². The van der Waals surface area contributed by atoms with Gasteiger partial charge in [0, 0.05) is 24.5 Å². The maximum absolute atomic E-state index is 5.60. The smallest absolute Gasteiger partial charge is 0.127 e. The molecule has 2 N–H and O–H groups in total. The van der Waals surface area contributed by atoms with Crippen molar-refractivity contribution in [1.82, 2.24) is 0 Å². The zero-order chi connectivity index (χ0) is 8.97. The average molecular weight is 164 g/mol. The summed E-state index contributed by atoms with van der Waals surface area (Å²) < 4.78 is 5.11. The van der Waals surface area contributed by atoms with Crippen LogP contribution < -0.4 is 10.5 Å². The molecule has 64 valence electrons. The van der Waals surface area contributed by atoms with E-state index in [1.54, 1.807) is 26.4 Å². The fourth-order valence-corrected chi connectivity index (χ4v) is 0.993. The molecular weight excluding hydrogens is 152 g/mol. The molecule has 0 atom stereocenters. The summed E-state index contributed by atoms with van der Waals surface area (Å²) in [5.41, 5.74) is 7.21. The Balaban J connectivity index is 3.12. The maximum Gasteiger partial charge on any atom is 0.127 e. The van der Waals surface area contributed by atoms with Gasteiger partial charge in [-0.25, -0.2) is 0 Å². The predicted molar refractivity (Wildman–Crippen MR) is 50.9 cm³/mol. The summed E-state index contributed by atoms with van der Waals surface area (Å²) in [6.45, 7) is 0. The Hall–Kier alpha value is -1.51. The van der Waals surface area contributed by atoms with Crippen LogP contribution in [0.3, 0.4) is 0 Å². The molecular formula is C9H12N2O. The molecule has 0 heterocycles. The lowest BCUT2D eigenvalue weighted by Gasteiger charge is -2.04. The van der Waals surface area contributed by atoms with Gasteiger partial charge >= 0.3 is 0 Å². The second-order valence-corrected chi connectivity index (χ2v) is 2.39. The van der Waals surface area contributed by atoms with E-state index in [1.165, 1.54) is 0 Å². The standard InChI is InChI=1S/C9H12N2O/c1-11-6-7-5-8(10)3-4-9(7)12-2/h3-6H,10H2,1-2H3. The largest absolute Gasteiger partial charge is 0.496 e. The van der Waals surface area contributed by atoms with Crippen LogP contribution in [0.2, 0.25) is 0 Å². The molecule has 0 aliphatic carbocycles. The first-order valence-corrected chi connectivity index (χ1v) is 3.63. The van der Waals surface area contributed by atoms with Crippen LogP contribution in [0.4, 0.5) is 5.69 Å². The van der Waals surface area contributed by atoms with Gasteiger partial charge in [0.05, 0.1) is 7.11 Å². The van der Waals surface area contributed by atoms with Crippen molar-refractivity contribution in [3.05, 3.63) is 23.8 Å². The molecule has 0 unspecified atom stereocenters. The minimum atomic E-state index is 0.714. The first-order chi connectivity index (χ1) is 5.77. The molecule has 0 spiro atoms. The fraction of sp³-hybridized carbons (Fsp3) is 0.222. The quantitative estimate of drug-likeness (QED) is 0.529. The number of hydrogen-bond donors (Lipinski definition) is 1. The van der Waals surface area contributed by atoms with Crippen LogP contribution in [-0.2, 0) is 0 Å². The highest BCUT2D eigenvalue weighted by Crippen LogP contribution is 2.18. The van der Waals surface area contributed by atoms with Crippen molar-refractivity contribution in [2.75, 3.05) is 19.9 Å². The number of benzene rings is 1. The van der Waals surface area contributed by atoms with E-state index in [0.29, 0.717) is 5.69 Å². The van der Waals surface area contributed by atoms with Crippen molar-refractivity contribution in [2.45, 2.75) is 0 Å². The van der Waals surface area contributed by atoms with Gasteiger partial charge < -0.3 is 10.5 Å². The van der Waals surface area contributed by atoms with E-state index < -0.39 is 0 Å². The molecule has 1 aromatic carbocycles. The van der Waals surface area contributed by atoms with Crippen molar-refractivity contribution in [3.8, 4) is 5.75 Å². The van der Waals surface area contributed by atoms with Gasteiger partial charge in [-0.3, -0.25) is 4.99 Å². The summed E-state index contributed by atoms with van der Waals surface area (Å²) in [5.74, 6) is 0.787. The highest BCUT2D eigenvalue weighted by Gasteiger charge is 1.98. The van der Waals surface area contributed by atoms with Crippen molar-refractivity contribution in [3.63, 3.8) is 0 Å². The number of methoxy groups -OCH3 is 1. The van der Waals surface area contributed by atoms with Gasteiger partial charge in [-0.1, -0.05) is 0 Å². The van der Waals surface area contributed by atoms with E-state index in [9.17, 15) is 0 Å². The van der Waals surface area contributed by atoms with Gasteiger partial charge in [0.1, 0.15) is 5.75 Å². The Morgan fingerprint density at radius 3 is 2.83 bits per heavy atom. The van der Waals surface area contributed by atoms with Gasteiger partial charge in [-0.2, -0.15) is 0 Å². The van der Waals surface area contributed by atoms with E-state index in [2.05, 4.69) is 4.99 Å². The van der Waals surface area contributed by atoms with Crippen LogP contribution in [-0.4, -0.2) is 20.4 Å². The number of nitrogens with zero attached hydrogens (tertiary/aromatic N) is 1. The van der Waals surface area contributed by atoms with E-state index in [1.807, 2.05) is 12.1 Å². The zero-order valence-electron chi connectivity index (χ0n) is 7.24. The molecule has 0 saturated heterocycles. The first kappa shape index (κ1) is 8.59. The number of rotatable bonds is 2. The molecule has 3 nitrogen and oxygen atoms in total. The molecule has 0 aliphatic heterocycles. The van der Waals surface area contributed by atoms with Crippen LogP contribution in [0.1, 0.15) is 5.56 Å². The molecule has 0 bridgehead atoms. The summed E-state index contributed by atoms with van der Waals surface area (Å²) in [7, 11) is 3.33. The van der Waals surface area contributed by atoms with E-state index in [-0.39, 0.29) is 0 Å². The predicted octanol–water partition coefficient (Wildman–Crippen LogP) is 1.33. The molecule has 1 aromatic rings. The minimum absolute atomic E-state index is 0.714. The fourth-order valence-electron chi connectivity index (χ4n) is 0.993. The van der Waals surface area contributed by atoms with Gasteiger partial charge in [-0.15, -0.1) is 0 Å². The Bertz CT molecular complexity index is 295. The zero-order valence-corrected chi connectivity index (χ0v) is 7.24. The molecule has 0 saturated carbocycles. The Morgan fingerprint density at radius 1 is 1.50 bits per heavy atom. The lowest BCUT2D eigenvalue weighted by molar-refractivity contribution is 0.414. The average Bonchev–Trinajstić information content (AvgIpc) is 2.05. The topological polar surface area (TPSA) is 47.6 Å². The number of nitrogens with two attached hydrogens (primary N) is 1. The number of anilines is 1. The molecule has 1 rings (SSSR count). The van der Waals surface area contributed by atoms with Crippen molar-refractivity contribution in [2.24, 2.45) is 4.99 Å². The minimum Gasteiger partial charge on any atom is -0.496 e. The second-order valence-electron chi connectivity index (χ2n) is 2.39. The third-order valence-electron chi connectivity index (χ3n) is 1.52. The van der Waals surface area contributed by atoms with Crippen molar-refractivity contribution in [1.29, 1.82) is 0 Å². The second kappa shape index (κ2) is 3.76. The van der Waals surface area contributed by atoms with Gasteiger partial charge in [0.25, 0.3) is 0 Å². The summed E-state index contributed by atoms with van der Waals surface area (Å²) in [5, 5.41) is 0. The molecule has 0 fully saturated rings. The van der Waals surface area contributed by atoms with Crippen LogP contribution in [0.5, 0.6) is 5.75 Å². The Morgan fingerprint density at radius 2 is 2.25 bits per heavy atom. The van der Waals surface area contributed by atoms with E-state index in [0.717, 1.165) is 11.3 Å². The van der Waals surface area contributed by atoms with E-state index in [4.69, 9.17) is 10.5 Å². The molecule has 0 aromatic heterocycles. The molecule has 0 aliphatic rings. The van der Waals surface area contributed by atoms with Crippen LogP contribution in [0.25, 0.3) is 0 Å². The molecule has 3 heteroatoms. The summed E-state index contributed by atoms with van der Waals surface area (Å²) in [6, 6.07) is 5.45. The van der Waals surface area contributed by atoms with Gasteiger partial charge in [-0.05, 0) is 18.2 Å². The first-order valence-electron chi connectivity index (χ1n) is 3.63. The van der Waals surface area contributed by atoms with Crippen molar-refractivity contribution >= 4 is 11.9 Å². The SMILES string of the molecule is CN=Cc1cc(N)ccc1OC. The third-order valence-corrected chi connectivity index (χ3v) is 1.52. The lowest BCUT2D eigenvalue weighted by atomic mass is 10.2. The monoisotopic (exact) mass is 164 g/mol. The van der Waals surface area contributed by atoms with Crippen LogP contribution >= 0.6 is 0 Å². The van der Waals surface area contributed by atoms with Gasteiger partial charge in [0.2, 0.25) is 0 Å².